The van der Waals surface area contributed by atoms with Gasteiger partial charge in [-0.3, -0.25) is 4.68 Å². The molecule has 0 aromatic carbocycles. The van der Waals surface area contributed by atoms with E-state index in [4.69, 9.17) is 0 Å². The summed E-state index contributed by atoms with van der Waals surface area (Å²) in [7, 11) is 1.84. The Balaban J connectivity index is 0.00000576. The van der Waals surface area contributed by atoms with Crippen LogP contribution in [0, 0.1) is 5.92 Å². The second-order valence-electron chi connectivity index (χ2n) is 6.67. The summed E-state index contributed by atoms with van der Waals surface area (Å²) in [6.45, 7) is 10.3. The standard InChI is InChI=1S/C18H35N5O.HI/c1-6-9-10-15(7-2)11-20-17(19-8-3)21-14-18(4,24)16-12-22-23(5)13-16;/h12-13,15,24H,6-11,14H2,1-5H3,(H2,19,20,21);1H. The molecule has 0 bridgehead atoms. The monoisotopic (exact) mass is 465 g/mol. The van der Waals surface area contributed by atoms with E-state index in [2.05, 4.69) is 34.6 Å². The van der Waals surface area contributed by atoms with E-state index in [0.717, 1.165) is 24.6 Å². The predicted molar refractivity (Wildman–Crippen MR) is 115 cm³/mol. The number of rotatable bonds is 10. The van der Waals surface area contributed by atoms with Crippen molar-refractivity contribution in [3.8, 4) is 0 Å². The third-order valence-corrected chi connectivity index (χ3v) is 4.32. The maximum Gasteiger partial charge on any atom is 0.191 e. The zero-order valence-corrected chi connectivity index (χ0v) is 18.7. The highest BCUT2D eigenvalue weighted by Crippen LogP contribution is 2.19. The summed E-state index contributed by atoms with van der Waals surface area (Å²) in [5, 5.41) is 21.4. The minimum absolute atomic E-state index is 0. The zero-order chi connectivity index (χ0) is 18.0. The zero-order valence-electron chi connectivity index (χ0n) is 16.4. The van der Waals surface area contributed by atoms with Gasteiger partial charge in [0.2, 0.25) is 0 Å². The number of guanidine groups is 1. The fourth-order valence-electron chi connectivity index (χ4n) is 2.55. The third-order valence-electron chi connectivity index (χ3n) is 4.32. The summed E-state index contributed by atoms with van der Waals surface area (Å²) in [6.07, 6.45) is 8.43. The number of aliphatic hydroxyl groups is 1. The Bertz CT molecular complexity index is 501. The van der Waals surface area contributed by atoms with Crippen molar-refractivity contribution in [2.24, 2.45) is 18.0 Å². The van der Waals surface area contributed by atoms with Crippen LogP contribution in [0.4, 0.5) is 0 Å². The number of nitrogens with zero attached hydrogens (tertiary/aromatic N) is 3. The average Bonchev–Trinajstić information content (AvgIpc) is 3.00. The molecule has 1 aromatic heterocycles. The van der Waals surface area contributed by atoms with E-state index in [1.807, 2.05) is 20.2 Å². The molecule has 3 N–H and O–H groups in total. The molecule has 1 heterocycles. The first kappa shape index (κ1) is 24.2. The highest BCUT2D eigenvalue weighted by Gasteiger charge is 2.24. The van der Waals surface area contributed by atoms with Crippen LogP contribution in [-0.2, 0) is 12.6 Å². The van der Waals surface area contributed by atoms with E-state index >= 15 is 0 Å². The van der Waals surface area contributed by atoms with E-state index in [0.29, 0.717) is 12.5 Å². The maximum atomic E-state index is 10.6. The Morgan fingerprint density at radius 2 is 2.08 bits per heavy atom. The molecule has 0 saturated heterocycles. The van der Waals surface area contributed by atoms with Crippen LogP contribution >= 0.6 is 24.0 Å². The van der Waals surface area contributed by atoms with Gasteiger partial charge in [0.05, 0.1) is 12.7 Å². The number of aliphatic imine (C=N–C) groups is 1. The number of hydrogen-bond acceptors (Lipinski definition) is 3. The van der Waals surface area contributed by atoms with Crippen LogP contribution in [0.3, 0.4) is 0 Å². The Labute approximate surface area is 169 Å². The number of unbranched alkanes of at least 4 members (excludes halogenated alkanes) is 1. The molecule has 2 atom stereocenters. The molecule has 0 spiro atoms. The lowest BCUT2D eigenvalue weighted by atomic mass is 9.99. The highest BCUT2D eigenvalue weighted by atomic mass is 127. The lowest BCUT2D eigenvalue weighted by Gasteiger charge is -2.22. The summed E-state index contributed by atoms with van der Waals surface area (Å²) in [4.78, 5) is 4.56. The quantitative estimate of drug-likeness (QED) is 0.282. The van der Waals surface area contributed by atoms with E-state index in [9.17, 15) is 5.11 Å². The van der Waals surface area contributed by atoms with Gasteiger partial charge in [-0.05, 0) is 26.2 Å². The van der Waals surface area contributed by atoms with Crippen LogP contribution in [0.2, 0.25) is 0 Å². The maximum absolute atomic E-state index is 10.6. The van der Waals surface area contributed by atoms with Crippen molar-refractivity contribution in [2.75, 3.05) is 19.6 Å². The van der Waals surface area contributed by atoms with Crippen molar-refractivity contribution < 1.29 is 5.11 Å². The molecule has 0 fully saturated rings. The van der Waals surface area contributed by atoms with Crippen molar-refractivity contribution in [3.05, 3.63) is 18.0 Å². The van der Waals surface area contributed by atoms with Crippen LogP contribution in [0.15, 0.2) is 17.4 Å². The van der Waals surface area contributed by atoms with Crippen LogP contribution in [-0.4, -0.2) is 40.5 Å². The summed E-state index contributed by atoms with van der Waals surface area (Å²) >= 11 is 0. The topological polar surface area (TPSA) is 74.5 Å². The van der Waals surface area contributed by atoms with Gasteiger partial charge in [0, 0.05) is 31.9 Å². The first-order valence-electron chi connectivity index (χ1n) is 9.16. The Morgan fingerprint density at radius 3 is 2.60 bits per heavy atom. The minimum Gasteiger partial charge on any atom is -0.383 e. The van der Waals surface area contributed by atoms with Gasteiger partial charge in [-0.25, -0.2) is 4.99 Å². The third kappa shape index (κ3) is 8.89. The summed E-state index contributed by atoms with van der Waals surface area (Å²) in [6, 6.07) is 0. The molecule has 0 amide bonds. The molecular weight excluding hydrogens is 429 g/mol. The van der Waals surface area contributed by atoms with Crippen molar-refractivity contribution in [3.63, 3.8) is 0 Å². The van der Waals surface area contributed by atoms with E-state index in [1.54, 1.807) is 17.8 Å². The molecule has 0 aliphatic rings. The van der Waals surface area contributed by atoms with Crippen LogP contribution < -0.4 is 10.6 Å². The number of aromatic nitrogens is 2. The van der Waals surface area contributed by atoms with Crippen molar-refractivity contribution in [1.29, 1.82) is 0 Å². The Morgan fingerprint density at radius 1 is 1.36 bits per heavy atom. The predicted octanol–water partition coefficient (Wildman–Crippen LogP) is 3.02. The van der Waals surface area contributed by atoms with E-state index in [1.165, 1.54) is 25.7 Å². The fourth-order valence-corrected chi connectivity index (χ4v) is 2.55. The highest BCUT2D eigenvalue weighted by molar-refractivity contribution is 14.0. The smallest absolute Gasteiger partial charge is 0.191 e. The number of halogens is 1. The lowest BCUT2D eigenvalue weighted by Crippen LogP contribution is -2.41. The summed E-state index contributed by atoms with van der Waals surface area (Å²) in [5.41, 5.74) is -0.248. The molecule has 25 heavy (non-hydrogen) atoms. The van der Waals surface area contributed by atoms with Gasteiger partial charge in [-0.2, -0.15) is 5.10 Å². The van der Waals surface area contributed by atoms with Crippen LogP contribution in [0.1, 0.15) is 58.9 Å². The largest absolute Gasteiger partial charge is 0.383 e. The lowest BCUT2D eigenvalue weighted by molar-refractivity contribution is 0.0671. The molecule has 2 unspecified atom stereocenters. The van der Waals surface area contributed by atoms with Gasteiger partial charge in [0.25, 0.3) is 0 Å². The van der Waals surface area contributed by atoms with Crippen molar-refractivity contribution in [2.45, 2.75) is 59.0 Å². The number of aryl methyl sites for hydroxylation is 1. The Kier molecular flexibility index (Phi) is 12.1. The SMILES string of the molecule is CCCCC(CC)CNC(=NCC(C)(O)c1cnn(C)c1)NCC.I. The van der Waals surface area contributed by atoms with Crippen LogP contribution in [0.5, 0.6) is 0 Å². The molecule has 0 saturated carbocycles. The van der Waals surface area contributed by atoms with E-state index in [-0.39, 0.29) is 24.0 Å². The van der Waals surface area contributed by atoms with E-state index < -0.39 is 5.60 Å². The molecule has 1 rings (SSSR count). The molecule has 0 aliphatic heterocycles. The van der Waals surface area contributed by atoms with Crippen molar-refractivity contribution in [1.82, 2.24) is 20.4 Å². The van der Waals surface area contributed by atoms with Gasteiger partial charge >= 0.3 is 0 Å². The second-order valence-corrected chi connectivity index (χ2v) is 6.67. The normalized spacial score (nSPS) is 15.2. The molecule has 146 valence electrons. The van der Waals surface area contributed by atoms with Gasteiger partial charge in [0.15, 0.2) is 5.96 Å². The molecule has 0 radical (unpaired) electrons. The minimum atomic E-state index is -1.02. The number of hydrogen-bond donors (Lipinski definition) is 3. The van der Waals surface area contributed by atoms with Gasteiger partial charge in [-0.15, -0.1) is 24.0 Å². The first-order chi connectivity index (χ1) is 11.4. The first-order valence-corrected chi connectivity index (χ1v) is 9.16. The van der Waals surface area contributed by atoms with Gasteiger partial charge in [0.1, 0.15) is 5.60 Å². The molecule has 6 nitrogen and oxygen atoms in total. The van der Waals surface area contributed by atoms with Crippen molar-refractivity contribution >= 4 is 29.9 Å². The van der Waals surface area contributed by atoms with Crippen LogP contribution in [0.25, 0.3) is 0 Å². The summed E-state index contributed by atoms with van der Waals surface area (Å²) < 4.78 is 1.69. The number of nitrogens with one attached hydrogen (secondary N) is 2. The van der Waals surface area contributed by atoms with Gasteiger partial charge < -0.3 is 15.7 Å². The molecule has 7 heteroatoms. The molecular formula is C18H36IN5O. The molecule has 0 aliphatic carbocycles. The Hall–Kier alpha value is -0.830. The van der Waals surface area contributed by atoms with Gasteiger partial charge in [-0.1, -0.05) is 33.1 Å². The summed E-state index contributed by atoms with van der Waals surface area (Å²) in [5.74, 6) is 1.42. The average molecular weight is 465 g/mol. The molecule has 1 aromatic rings. The second kappa shape index (κ2) is 12.5. The fraction of sp³-hybridized carbons (Fsp3) is 0.778.